The second-order valence-corrected chi connectivity index (χ2v) is 4.72. The first-order valence-electron chi connectivity index (χ1n) is 5.78. The van der Waals surface area contributed by atoms with Crippen molar-refractivity contribution in [1.29, 1.82) is 0 Å². The van der Waals surface area contributed by atoms with Crippen LogP contribution in [0.1, 0.15) is 34.9 Å². The molecule has 98 valence electrons. The molecule has 0 atom stereocenters. The number of halogens is 1. The smallest absolute Gasteiger partial charge is 0.267 e. The molecule has 2 heterocycles. The zero-order valence-corrected chi connectivity index (χ0v) is 10.6. The number of carbonyl (C=O) groups is 1. The summed E-state index contributed by atoms with van der Waals surface area (Å²) in [6.07, 6.45) is 2.37. The molecule has 0 radical (unpaired) electrons. The van der Waals surface area contributed by atoms with Crippen molar-refractivity contribution in [2.75, 3.05) is 5.32 Å². The Morgan fingerprint density at radius 3 is 2.84 bits per heavy atom. The average Bonchev–Trinajstić information content (AvgIpc) is 3.10. The SMILES string of the molecule is NC(=O)c1cc(Nc2cc(C3CC3)[nH]n2)nc(Cl)n1. The minimum Gasteiger partial charge on any atom is -0.364 e. The quantitative estimate of drug-likeness (QED) is 0.736. The molecule has 0 unspecified atom stereocenters. The zero-order chi connectivity index (χ0) is 13.4. The highest BCUT2D eigenvalue weighted by molar-refractivity contribution is 6.28. The summed E-state index contributed by atoms with van der Waals surface area (Å²) >= 11 is 5.73. The number of primary amides is 1. The maximum Gasteiger partial charge on any atom is 0.267 e. The van der Waals surface area contributed by atoms with Crippen molar-refractivity contribution in [1.82, 2.24) is 20.2 Å². The molecule has 0 bridgehead atoms. The van der Waals surface area contributed by atoms with Crippen LogP contribution in [0.2, 0.25) is 5.28 Å². The molecule has 0 spiro atoms. The normalized spacial score (nSPS) is 14.4. The summed E-state index contributed by atoms with van der Waals surface area (Å²) < 4.78 is 0. The minimum atomic E-state index is -0.659. The first kappa shape index (κ1) is 11.9. The molecular weight excluding hydrogens is 268 g/mol. The van der Waals surface area contributed by atoms with Crippen LogP contribution in [-0.2, 0) is 0 Å². The second kappa shape index (κ2) is 4.51. The molecule has 0 aliphatic heterocycles. The largest absolute Gasteiger partial charge is 0.364 e. The molecule has 8 heteroatoms. The maximum absolute atomic E-state index is 11.1. The van der Waals surface area contributed by atoms with E-state index in [9.17, 15) is 4.79 Å². The third-order valence-corrected chi connectivity index (χ3v) is 2.99. The molecule has 1 aliphatic carbocycles. The van der Waals surface area contributed by atoms with E-state index in [-0.39, 0.29) is 11.0 Å². The number of rotatable bonds is 4. The number of nitrogens with two attached hydrogens (primary N) is 1. The fraction of sp³-hybridized carbons (Fsp3) is 0.273. The molecule has 2 aromatic heterocycles. The Kier molecular flexibility index (Phi) is 2.83. The van der Waals surface area contributed by atoms with E-state index >= 15 is 0 Å². The number of nitrogens with one attached hydrogen (secondary N) is 2. The summed E-state index contributed by atoms with van der Waals surface area (Å²) in [7, 11) is 0. The van der Waals surface area contributed by atoms with Crippen molar-refractivity contribution < 1.29 is 4.79 Å². The first-order chi connectivity index (χ1) is 9.11. The lowest BCUT2D eigenvalue weighted by Gasteiger charge is -2.03. The van der Waals surface area contributed by atoms with Crippen LogP contribution in [0, 0.1) is 0 Å². The van der Waals surface area contributed by atoms with E-state index in [1.165, 1.54) is 18.9 Å². The predicted molar refractivity (Wildman–Crippen MR) is 69.4 cm³/mol. The molecule has 1 saturated carbocycles. The van der Waals surface area contributed by atoms with Gasteiger partial charge in [-0.15, -0.1) is 0 Å². The number of anilines is 2. The molecule has 2 aromatic rings. The number of carbonyl (C=O) groups excluding carboxylic acids is 1. The van der Waals surface area contributed by atoms with Gasteiger partial charge in [0.1, 0.15) is 11.5 Å². The monoisotopic (exact) mass is 278 g/mol. The third kappa shape index (κ3) is 2.65. The summed E-state index contributed by atoms with van der Waals surface area (Å²) in [6, 6.07) is 3.34. The second-order valence-electron chi connectivity index (χ2n) is 4.38. The molecule has 3 rings (SSSR count). The van der Waals surface area contributed by atoms with Crippen LogP contribution in [-0.4, -0.2) is 26.1 Å². The summed E-state index contributed by atoms with van der Waals surface area (Å²) in [5.41, 5.74) is 6.31. The lowest BCUT2D eigenvalue weighted by atomic mass is 10.3. The number of amides is 1. The number of nitrogens with zero attached hydrogens (tertiary/aromatic N) is 3. The first-order valence-corrected chi connectivity index (χ1v) is 6.16. The minimum absolute atomic E-state index is 0.0447. The number of hydrogen-bond donors (Lipinski definition) is 3. The molecule has 1 aliphatic rings. The molecular formula is C11H11ClN6O. The fourth-order valence-corrected chi connectivity index (χ4v) is 1.93. The Balaban J connectivity index is 1.83. The lowest BCUT2D eigenvalue weighted by Crippen LogP contribution is -2.14. The van der Waals surface area contributed by atoms with Gasteiger partial charge in [0.05, 0.1) is 0 Å². The standard InChI is InChI=1S/C11H11ClN6O/c12-11-14-7(10(13)19)4-8(16-11)15-9-3-6(17-18-9)5-1-2-5/h3-5H,1-2H2,(H2,13,19)(H2,14,15,16,17,18). The third-order valence-electron chi connectivity index (χ3n) is 2.82. The van der Waals surface area contributed by atoms with E-state index in [2.05, 4.69) is 25.5 Å². The fourth-order valence-electron chi connectivity index (χ4n) is 1.74. The van der Waals surface area contributed by atoms with Crippen LogP contribution < -0.4 is 11.1 Å². The number of hydrogen-bond acceptors (Lipinski definition) is 5. The van der Waals surface area contributed by atoms with Gasteiger partial charge >= 0.3 is 0 Å². The molecule has 0 saturated heterocycles. The van der Waals surface area contributed by atoms with Gasteiger partial charge in [-0.25, -0.2) is 9.97 Å². The van der Waals surface area contributed by atoms with Gasteiger partial charge in [0, 0.05) is 23.7 Å². The predicted octanol–water partition coefficient (Wildman–Crippen LogP) is 1.57. The topological polar surface area (TPSA) is 110 Å². The molecule has 19 heavy (non-hydrogen) atoms. The van der Waals surface area contributed by atoms with Crippen LogP contribution in [0.3, 0.4) is 0 Å². The highest BCUT2D eigenvalue weighted by Crippen LogP contribution is 2.39. The van der Waals surface area contributed by atoms with E-state index in [1.54, 1.807) is 0 Å². The van der Waals surface area contributed by atoms with Gasteiger partial charge in [0.25, 0.3) is 5.91 Å². The Labute approximate surface area is 113 Å². The van der Waals surface area contributed by atoms with Crippen molar-refractivity contribution in [2.45, 2.75) is 18.8 Å². The Hall–Kier alpha value is -2.15. The summed E-state index contributed by atoms with van der Waals surface area (Å²) in [5, 5.41) is 9.99. The molecule has 0 aromatic carbocycles. The van der Waals surface area contributed by atoms with E-state index < -0.39 is 5.91 Å². The van der Waals surface area contributed by atoms with Gasteiger partial charge in [-0.2, -0.15) is 5.10 Å². The summed E-state index contributed by atoms with van der Waals surface area (Å²) in [5.74, 6) is 0.918. The number of aromatic nitrogens is 4. The van der Waals surface area contributed by atoms with Gasteiger partial charge in [0.15, 0.2) is 5.82 Å². The molecule has 1 fully saturated rings. The van der Waals surface area contributed by atoms with Gasteiger partial charge in [-0.05, 0) is 24.4 Å². The van der Waals surface area contributed by atoms with Gasteiger partial charge < -0.3 is 11.1 Å². The number of aromatic amines is 1. The lowest BCUT2D eigenvalue weighted by molar-refractivity contribution is 0.0995. The van der Waals surface area contributed by atoms with Gasteiger partial charge in [-0.1, -0.05) is 0 Å². The van der Waals surface area contributed by atoms with E-state index in [1.807, 2.05) is 6.07 Å². The molecule has 4 N–H and O–H groups in total. The maximum atomic E-state index is 11.1. The van der Waals surface area contributed by atoms with E-state index in [0.717, 1.165) is 5.69 Å². The average molecular weight is 279 g/mol. The summed E-state index contributed by atoms with van der Waals surface area (Å²) in [6.45, 7) is 0. The van der Waals surface area contributed by atoms with Crippen molar-refractivity contribution in [3.8, 4) is 0 Å². The van der Waals surface area contributed by atoms with Crippen molar-refractivity contribution in [3.05, 3.63) is 28.8 Å². The number of H-pyrrole nitrogens is 1. The van der Waals surface area contributed by atoms with Crippen molar-refractivity contribution >= 4 is 29.1 Å². The highest BCUT2D eigenvalue weighted by atomic mass is 35.5. The van der Waals surface area contributed by atoms with Crippen LogP contribution in [0.25, 0.3) is 0 Å². The molecule has 7 nitrogen and oxygen atoms in total. The van der Waals surface area contributed by atoms with Crippen LogP contribution >= 0.6 is 11.6 Å². The van der Waals surface area contributed by atoms with Gasteiger partial charge in [0.2, 0.25) is 5.28 Å². The Bertz CT molecular complexity index is 636. The van der Waals surface area contributed by atoms with Crippen LogP contribution in [0.15, 0.2) is 12.1 Å². The van der Waals surface area contributed by atoms with Crippen LogP contribution in [0.4, 0.5) is 11.6 Å². The van der Waals surface area contributed by atoms with E-state index in [4.69, 9.17) is 17.3 Å². The Morgan fingerprint density at radius 2 is 2.16 bits per heavy atom. The zero-order valence-electron chi connectivity index (χ0n) is 9.85. The molecule has 1 amide bonds. The van der Waals surface area contributed by atoms with Gasteiger partial charge in [-0.3, -0.25) is 9.89 Å². The summed E-state index contributed by atoms with van der Waals surface area (Å²) in [4.78, 5) is 18.8. The van der Waals surface area contributed by atoms with E-state index in [0.29, 0.717) is 17.6 Å². The van der Waals surface area contributed by atoms with Crippen molar-refractivity contribution in [2.24, 2.45) is 5.73 Å². The highest BCUT2D eigenvalue weighted by Gasteiger charge is 2.25. The van der Waals surface area contributed by atoms with Crippen LogP contribution in [0.5, 0.6) is 0 Å². The Morgan fingerprint density at radius 1 is 1.37 bits per heavy atom. The van der Waals surface area contributed by atoms with Crippen molar-refractivity contribution in [3.63, 3.8) is 0 Å².